The molecule has 4 heteroatoms. The Bertz CT molecular complexity index is 657. The van der Waals surface area contributed by atoms with Crippen molar-refractivity contribution in [3.05, 3.63) is 59.7 Å². The Labute approximate surface area is 117 Å². The minimum Gasteiger partial charge on any atom is -0.480 e. The molecule has 100 valence electrons. The highest BCUT2D eigenvalue weighted by atomic mass is 16.4. The van der Waals surface area contributed by atoms with Crippen LogP contribution in [0.3, 0.4) is 0 Å². The van der Waals surface area contributed by atoms with E-state index in [1.54, 1.807) is 12.1 Å². The Morgan fingerprint density at radius 1 is 1.20 bits per heavy atom. The summed E-state index contributed by atoms with van der Waals surface area (Å²) >= 11 is 0. The van der Waals surface area contributed by atoms with Crippen LogP contribution in [0.4, 0.5) is 0 Å². The molecule has 0 saturated carbocycles. The van der Waals surface area contributed by atoms with Crippen LogP contribution in [0.5, 0.6) is 0 Å². The number of carboxylic acids is 1. The zero-order valence-electron chi connectivity index (χ0n) is 10.8. The molecule has 0 aromatic heterocycles. The third-order valence-corrected chi connectivity index (χ3v) is 3.05. The molecule has 0 spiro atoms. The highest BCUT2D eigenvalue weighted by Gasteiger charge is 2.12. The van der Waals surface area contributed by atoms with Gasteiger partial charge in [-0.2, -0.15) is 5.26 Å². The molecule has 1 atom stereocenters. The molecular formula is C16H14N2O2. The molecule has 2 aromatic rings. The third-order valence-electron chi connectivity index (χ3n) is 3.05. The molecule has 0 aliphatic rings. The maximum atomic E-state index is 10.8. The van der Waals surface area contributed by atoms with Crippen LogP contribution in [0.25, 0.3) is 11.1 Å². The number of benzene rings is 2. The summed E-state index contributed by atoms with van der Waals surface area (Å²) in [5.74, 6) is -1.01. The molecule has 0 saturated heterocycles. The van der Waals surface area contributed by atoms with Crippen LogP contribution >= 0.6 is 0 Å². The number of hydrogen-bond donors (Lipinski definition) is 2. The summed E-state index contributed by atoms with van der Waals surface area (Å²) in [6, 6.07) is 16.0. The fourth-order valence-corrected chi connectivity index (χ4v) is 1.96. The van der Waals surface area contributed by atoms with Crippen molar-refractivity contribution in [3.8, 4) is 17.2 Å². The predicted molar refractivity (Wildman–Crippen MR) is 75.9 cm³/mol. The summed E-state index contributed by atoms with van der Waals surface area (Å²) in [6.07, 6.45) is 0.291. The summed E-state index contributed by atoms with van der Waals surface area (Å²) < 4.78 is 0. The van der Waals surface area contributed by atoms with Crippen molar-refractivity contribution < 1.29 is 9.90 Å². The first-order chi connectivity index (χ1) is 9.60. The van der Waals surface area contributed by atoms with Gasteiger partial charge in [0.15, 0.2) is 0 Å². The molecular weight excluding hydrogens is 252 g/mol. The lowest BCUT2D eigenvalue weighted by atomic mass is 9.99. The first kappa shape index (κ1) is 13.8. The Kier molecular flexibility index (Phi) is 4.14. The smallest absolute Gasteiger partial charge is 0.320 e. The standard InChI is InChI=1S/C16H14N2O2/c17-10-11-4-6-13(7-5-11)14-3-1-2-12(8-14)9-15(18)16(19)20/h1-8,15H,9,18H2,(H,19,20)/t15-/m0/s1. The summed E-state index contributed by atoms with van der Waals surface area (Å²) in [4.78, 5) is 10.8. The molecule has 0 radical (unpaired) electrons. The van der Waals surface area contributed by atoms with Gasteiger partial charge in [-0.25, -0.2) is 0 Å². The van der Waals surface area contributed by atoms with Crippen LogP contribution in [0.2, 0.25) is 0 Å². The van der Waals surface area contributed by atoms with Crippen molar-refractivity contribution in [2.45, 2.75) is 12.5 Å². The summed E-state index contributed by atoms with van der Waals surface area (Å²) in [6.45, 7) is 0. The van der Waals surface area contributed by atoms with Crippen molar-refractivity contribution in [2.24, 2.45) is 5.73 Å². The molecule has 0 heterocycles. The largest absolute Gasteiger partial charge is 0.480 e. The molecule has 2 aromatic carbocycles. The number of hydrogen-bond acceptors (Lipinski definition) is 3. The van der Waals surface area contributed by atoms with E-state index in [0.717, 1.165) is 16.7 Å². The van der Waals surface area contributed by atoms with Gasteiger partial charge in [0.25, 0.3) is 0 Å². The van der Waals surface area contributed by atoms with E-state index in [2.05, 4.69) is 6.07 Å². The number of rotatable bonds is 4. The average Bonchev–Trinajstić information content (AvgIpc) is 2.47. The van der Waals surface area contributed by atoms with E-state index in [4.69, 9.17) is 16.1 Å². The Hall–Kier alpha value is -2.64. The number of carboxylic acid groups (broad SMARTS) is 1. The van der Waals surface area contributed by atoms with E-state index in [-0.39, 0.29) is 0 Å². The van der Waals surface area contributed by atoms with Gasteiger partial charge in [-0.05, 0) is 35.2 Å². The summed E-state index contributed by atoms with van der Waals surface area (Å²) in [7, 11) is 0. The van der Waals surface area contributed by atoms with E-state index in [1.807, 2.05) is 36.4 Å². The summed E-state index contributed by atoms with van der Waals surface area (Å²) in [5, 5.41) is 17.6. The maximum absolute atomic E-state index is 10.8. The molecule has 0 fully saturated rings. The molecule has 0 amide bonds. The fourth-order valence-electron chi connectivity index (χ4n) is 1.96. The van der Waals surface area contributed by atoms with Gasteiger partial charge < -0.3 is 10.8 Å². The number of aliphatic carboxylic acids is 1. The normalized spacial score (nSPS) is 11.6. The number of nitrogens with zero attached hydrogens (tertiary/aromatic N) is 1. The van der Waals surface area contributed by atoms with Crippen molar-refractivity contribution in [2.75, 3.05) is 0 Å². The first-order valence-corrected chi connectivity index (χ1v) is 6.18. The van der Waals surface area contributed by atoms with E-state index < -0.39 is 12.0 Å². The molecule has 0 bridgehead atoms. The second kappa shape index (κ2) is 6.00. The van der Waals surface area contributed by atoms with E-state index in [0.29, 0.717) is 12.0 Å². The number of nitrogens with two attached hydrogens (primary N) is 1. The highest BCUT2D eigenvalue weighted by molar-refractivity contribution is 5.73. The van der Waals surface area contributed by atoms with Crippen LogP contribution in [-0.4, -0.2) is 17.1 Å². The zero-order valence-corrected chi connectivity index (χ0v) is 10.8. The van der Waals surface area contributed by atoms with Crippen LogP contribution in [0.15, 0.2) is 48.5 Å². The lowest BCUT2D eigenvalue weighted by Crippen LogP contribution is -2.32. The molecule has 3 N–H and O–H groups in total. The number of carbonyl (C=O) groups is 1. The fraction of sp³-hybridized carbons (Fsp3) is 0.125. The van der Waals surface area contributed by atoms with Crippen molar-refractivity contribution >= 4 is 5.97 Å². The molecule has 2 rings (SSSR count). The van der Waals surface area contributed by atoms with Gasteiger partial charge in [0, 0.05) is 0 Å². The maximum Gasteiger partial charge on any atom is 0.320 e. The quantitative estimate of drug-likeness (QED) is 0.887. The monoisotopic (exact) mass is 266 g/mol. The third kappa shape index (κ3) is 3.22. The second-order valence-corrected chi connectivity index (χ2v) is 4.54. The highest BCUT2D eigenvalue weighted by Crippen LogP contribution is 2.21. The molecule has 0 aliphatic heterocycles. The number of nitriles is 1. The zero-order chi connectivity index (χ0) is 14.5. The van der Waals surface area contributed by atoms with Gasteiger partial charge in [0.1, 0.15) is 6.04 Å². The van der Waals surface area contributed by atoms with Crippen molar-refractivity contribution in [3.63, 3.8) is 0 Å². The lowest BCUT2D eigenvalue weighted by Gasteiger charge is -2.08. The SMILES string of the molecule is N#Cc1ccc(-c2cccc(C[C@H](N)C(=O)O)c2)cc1. The Balaban J connectivity index is 2.25. The van der Waals surface area contributed by atoms with Gasteiger partial charge in [-0.15, -0.1) is 0 Å². The molecule has 20 heavy (non-hydrogen) atoms. The van der Waals surface area contributed by atoms with Gasteiger partial charge in [-0.3, -0.25) is 4.79 Å². The molecule has 0 aliphatic carbocycles. The van der Waals surface area contributed by atoms with E-state index >= 15 is 0 Å². The van der Waals surface area contributed by atoms with Crippen molar-refractivity contribution in [1.29, 1.82) is 5.26 Å². The van der Waals surface area contributed by atoms with E-state index in [9.17, 15) is 4.79 Å². The Morgan fingerprint density at radius 2 is 1.90 bits per heavy atom. The van der Waals surface area contributed by atoms with Crippen LogP contribution in [-0.2, 0) is 11.2 Å². The minimum absolute atomic E-state index is 0.291. The minimum atomic E-state index is -1.01. The van der Waals surface area contributed by atoms with Gasteiger partial charge in [0.05, 0.1) is 11.6 Å². The predicted octanol–water partition coefficient (Wildman–Crippen LogP) is 2.18. The van der Waals surface area contributed by atoms with Crippen LogP contribution in [0.1, 0.15) is 11.1 Å². The molecule has 0 unspecified atom stereocenters. The second-order valence-electron chi connectivity index (χ2n) is 4.54. The van der Waals surface area contributed by atoms with Gasteiger partial charge in [0.2, 0.25) is 0 Å². The molecule has 4 nitrogen and oxygen atoms in total. The van der Waals surface area contributed by atoms with E-state index in [1.165, 1.54) is 0 Å². The van der Waals surface area contributed by atoms with Gasteiger partial charge >= 0.3 is 5.97 Å². The lowest BCUT2D eigenvalue weighted by molar-refractivity contribution is -0.138. The first-order valence-electron chi connectivity index (χ1n) is 6.18. The van der Waals surface area contributed by atoms with Crippen LogP contribution in [0, 0.1) is 11.3 Å². The topological polar surface area (TPSA) is 87.1 Å². The van der Waals surface area contributed by atoms with Crippen molar-refractivity contribution in [1.82, 2.24) is 0 Å². The Morgan fingerprint density at radius 3 is 2.50 bits per heavy atom. The average molecular weight is 266 g/mol. The van der Waals surface area contributed by atoms with Gasteiger partial charge in [-0.1, -0.05) is 36.4 Å². The van der Waals surface area contributed by atoms with Crippen LogP contribution < -0.4 is 5.73 Å². The summed E-state index contributed by atoms with van der Waals surface area (Å²) in [5.41, 5.74) is 8.98.